The zero-order valence-corrected chi connectivity index (χ0v) is 6.14. The minimum absolute atomic E-state index is 0.486. The van der Waals surface area contributed by atoms with E-state index in [0.717, 1.165) is 6.20 Å². The van der Waals surface area contributed by atoms with E-state index in [-0.39, 0.29) is 0 Å². The number of rotatable bonds is 2. The molecule has 0 heterocycles. The van der Waals surface area contributed by atoms with E-state index in [9.17, 15) is 18.0 Å². The Bertz CT molecular complexity index is 171. The molecule has 5 heteroatoms. The van der Waals surface area contributed by atoms with Crippen LogP contribution in [-0.2, 0) is 4.79 Å². The number of ketones is 1. The van der Waals surface area contributed by atoms with Crippen LogP contribution >= 0.6 is 0 Å². The molecule has 0 aromatic carbocycles. The molecular weight excluding hydrogens is 159 g/mol. The van der Waals surface area contributed by atoms with Crippen molar-refractivity contribution >= 4 is 5.78 Å². The van der Waals surface area contributed by atoms with Crippen LogP contribution in [0.5, 0.6) is 0 Å². The number of hydrogen-bond acceptors (Lipinski definition) is 2. The molecule has 0 N–H and O–H groups in total. The summed E-state index contributed by atoms with van der Waals surface area (Å²) in [4.78, 5) is 11.5. The zero-order valence-electron chi connectivity index (χ0n) is 6.14. The first-order valence-corrected chi connectivity index (χ1v) is 2.80. The molecular formula is C6H8F3NO. The van der Waals surface area contributed by atoms with Gasteiger partial charge >= 0.3 is 6.18 Å². The number of allylic oxidation sites excluding steroid dienone is 1. The standard InChI is InChI=1S/C6H8F3NO/c1-10(2)4-3-5(11)6(7,8)9/h3-4H,1-2H3. The van der Waals surface area contributed by atoms with Gasteiger partial charge in [0, 0.05) is 26.4 Å². The van der Waals surface area contributed by atoms with Crippen LogP contribution in [0.1, 0.15) is 0 Å². The lowest BCUT2D eigenvalue weighted by Crippen LogP contribution is -2.20. The average Bonchev–Trinajstić information content (AvgIpc) is 1.80. The summed E-state index contributed by atoms with van der Waals surface area (Å²) in [5.74, 6) is -1.84. The van der Waals surface area contributed by atoms with Crippen molar-refractivity contribution < 1.29 is 18.0 Å². The van der Waals surface area contributed by atoms with E-state index in [1.54, 1.807) is 0 Å². The summed E-state index contributed by atoms with van der Waals surface area (Å²) in [6.07, 6.45) is -3.22. The van der Waals surface area contributed by atoms with Crippen LogP contribution < -0.4 is 0 Å². The van der Waals surface area contributed by atoms with Crippen LogP contribution in [0.15, 0.2) is 12.3 Å². The first-order valence-electron chi connectivity index (χ1n) is 2.80. The first kappa shape index (κ1) is 10.0. The largest absolute Gasteiger partial charge is 0.454 e. The third-order valence-corrected chi connectivity index (χ3v) is 0.803. The molecule has 2 nitrogen and oxygen atoms in total. The van der Waals surface area contributed by atoms with Gasteiger partial charge in [-0.25, -0.2) is 0 Å². The van der Waals surface area contributed by atoms with E-state index >= 15 is 0 Å². The SMILES string of the molecule is CN(C)C=CC(=O)C(F)(F)F. The molecule has 64 valence electrons. The Morgan fingerprint density at radius 3 is 2.09 bits per heavy atom. The van der Waals surface area contributed by atoms with E-state index in [1.807, 2.05) is 0 Å². The molecule has 0 aliphatic heterocycles. The van der Waals surface area contributed by atoms with Crippen molar-refractivity contribution in [2.24, 2.45) is 0 Å². The molecule has 0 spiro atoms. The molecule has 0 atom stereocenters. The second-order valence-corrected chi connectivity index (χ2v) is 2.14. The predicted molar refractivity (Wildman–Crippen MR) is 33.9 cm³/mol. The Kier molecular flexibility index (Phi) is 3.10. The summed E-state index contributed by atoms with van der Waals surface area (Å²) in [7, 11) is 3.06. The van der Waals surface area contributed by atoms with E-state index < -0.39 is 12.0 Å². The summed E-state index contributed by atoms with van der Waals surface area (Å²) in [6, 6.07) is 0. The van der Waals surface area contributed by atoms with E-state index in [1.165, 1.54) is 19.0 Å². The van der Waals surface area contributed by atoms with Crippen LogP contribution in [0.2, 0.25) is 0 Å². The molecule has 0 aliphatic carbocycles. The van der Waals surface area contributed by atoms with Crippen LogP contribution in [0.3, 0.4) is 0 Å². The Morgan fingerprint density at radius 2 is 1.82 bits per heavy atom. The maximum Gasteiger partial charge on any atom is 0.454 e. The first-order chi connectivity index (χ1) is 4.84. The zero-order chi connectivity index (χ0) is 9.07. The maximum atomic E-state index is 11.5. The number of nitrogens with zero attached hydrogens (tertiary/aromatic N) is 1. The number of carbonyl (C=O) groups is 1. The molecule has 0 radical (unpaired) electrons. The smallest absolute Gasteiger partial charge is 0.383 e. The molecule has 0 aromatic rings. The molecule has 0 aliphatic rings. The van der Waals surface area contributed by atoms with E-state index in [2.05, 4.69) is 0 Å². The molecule has 0 rings (SSSR count). The fraction of sp³-hybridized carbons (Fsp3) is 0.500. The molecule has 0 aromatic heterocycles. The second kappa shape index (κ2) is 3.41. The number of carbonyl (C=O) groups excluding carboxylic acids is 1. The summed E-state index contributed by atoms with van der Waals surface area (Å²) in [6.45, 7) is 0. The van der Waals surface area contributed by atoms with Crippen molar-refractivity contribution in [1.29, 1.82) is 0 Å². The van der Waals surface area contributed by atoms with Gasteiger partial charge in [0.15, 0.2) is 0 Å². The van der Waals surface area contributed by atoms with E-state index in [4.69, 9.17) is 0 Å². The highest BCUT2D eigenvalue weighted by molar-refractivity contribution is 5.94. The Labute approximate surface area is 62.3 Å². The van der Waals surface area contributed by atoms with Gasteiger partial charge in [-0.05, 0) is 0 Å². The average molecular weight is 167 g/mol. The van der Waals surface area contributed by atoms with Gasteiger partial charge in [-0.2, -0.15) is 13.2 Å². The molecule has 0 unspecified atom stereocenters. The molecule has 0 bridgehead atoms. The summed E-state index contributed by atoms with van der Waals surface area (Å²) < 4.78 is 34.4. The highest BCUT2D eigenvalue weighted by Gasteiger charge is 2.35. The van der Waals surface area contributed by atoms with E-state index in [0.29, 0.717) is 6.08 Å². The van der Waals surface area contributed by atoms with Crippen LogP contribution in [0.4, 0.5) is 13.2 Å². The Balaban J connectivity index is 4.09. The number of alkyl halides is 3. The van der Waals surface area contributed by atoms with Crippen molar-refractivity contribution in [2.75, 3.05) is 14.1 Å². The minimum atomic E-state index is -4.76. The normalized spacial score (nSPS) is 12.1. The third-order valence-electron chi connectivity index (χ3n) is 0.803. The fourth-order valence-corrected chi connectivity index (χ4v) is 0.311. The topological polar surface area (TPSA) is 20.3 Å². The summed E-state index contributed by atoms with van der Waals surface area (Å²) in [5, 5.41) is 0. The van der Waals surface area contributed by atoms with Crippen molar-refractivity contribution in [1.82, 2.24) is 4.90 Å². The second-order valence-electron chi connectivity index (χ2n) is 2.14. The predicted octanol–water partition coefficient (Wildman–Crippen LogP) is 1.19. The van der Waals surface area contributed by atoms with Crippen molar-refractivity contribution in [3.05, 3.63) is 12.3 Å². The van der Waals surface area contributed by atoms with Gasteiger partial charge in [-0.15, -0.1) is 0 Å². The van der Waals surface area contributed by atoms with Gasteiger partial charge in [0.2, 0.25) is 0 Å². The monoisotopic (exact) mass is 167 g/mol. The highest BCUT2D eigenvalue weighted by atomic mass is 19.4. The molecule has 0 fully saturated rings. The van der Waals surface area contributed by atoms with Crippen LogP contribution in [-0.4, -0.2) is 31.0 Å². The van der Waals surface area contributed by atoms with Gasteiger partial charge < -0.3 is 4.90 Å². The van der Waals surface area contributed by atoms with Gasteiger partial charge in [-0.3, -0.25) is 4.79 Å². The number of hydrogen-bond donors (Lipinski definition) is 0. The third kappa shape index (κ3) is 4.41. The quantitative estimate of drug-likeness (QED) is 0.576. The van der Waals surface area contributed by atoms with Crippen LogP contribution in [0.25, 0.3) is 0 Å². The van der Waals surface area contributed by atoms with Gasteiger partial charge in [0.1, 0.15) is 0 Å². The highest BCUT2D eigenvalue weighted by Crippen LogP contribution is 2.16. The molecule has 0 saturated carbocycles. The minimum Gasteiger partial charge on any atom is -0.383 e. The Hall–Kier alpha value is -1.00. The number of halogens is 3. The summed E-state index contributed by atoms with van der Waals surface area (Å²) >= 11 is 0. The fourth-order valence-electron chi connectivity index (χ4n) is 0.311. The molecule has 0 amide bonds. The maximum absolute atomic E-state index is 11.5. The van der Waals surface area contributed by atoms with Gasteiger partial charge in [0.25, 0.3) is 5.78 Å². The Morgan fingerprint density at radius 1 is 1.36 bits per heavy atom. The van der Waals surface area contributed by atoms with Gasteiger partial charge in [-0.1, -0.05) is 0 Å². The van der Waals surface area contributed by atoms with Crippen LogP contribution in [0, 0.1) is 0 Å². The molecule has 0 saturated heterocycles. The lowest BCUT2D eigenvalue weighted by Gasteiger charge is -2.03. The van der Waals surface area contributed by atoms with Crippen molar-refractivity contribution in [3.63, 3.8) is 0 Å². The van der Waals surface area contributed by atoms with Crippen molar-refractivity contribution in [2.45, 2.75) is 6.18 Å². The lowest BCUT2D eigenvalue weighted by atomic mass is 10.4. The van der Waals surface area contributed by atoms with Crippen molar-refractivity contribution in [3.8, 4) is 0 Å². The van der Waals surface area contributed by atoms with Gasteiger partial charge in [0.05, 0.1) is 0 Å². The lowest BCUT2D eigenvalue weighted by molar-refractivity contribution is -0.165. The summed E-state index contributed by atoms with van der Waals surface area (Å²) in [5.41, 5.74) is 0. The molecule has 11 heavy (non-hydrogen) atoms.